The summed E-state index contributed by atoms with van der Waals surface area (Å²) in [6, 6.07) is 2.75. The third-order valence-electron chi connectivity index (χ3n) is 2.91. The summed E-state index contributed by atoms with van der Waals surface area (Å²) in [5, 5.41) is 13.5. The maximum atomic E-state index is 11.9. The Labute approximate surface area is 103 Å². The Hall–Kier alpha value is -2.24. The van der Waals surface area contributed by atoms with Crippen molar-refractivity contribution in [1.82, 2.24) is 0 Å². The van der Waals surface area contributed by atoms with Gasteiger partial charge in [-0.3, -0.25) is 19.7 Å². The first kappa shape index (κ1) is 12.2. The highest BCUT2D eigenvalue weighted by atomic mass is 16.6. The van der Waals surface area contributed by atoms with Crippen LogP contribution in [0.2, 0.25) is 0 Å². The van der Waals surface area contributed by atoms with Crippen LogP contribution in [0.25, 0.3) is 0 Å². The van der Waals surface area contributed by atoms with Gasteiger partial charge in [0.25, 0.3) is 5.69 Å². The van der Waals surface area contributed by atoms with Crippen molar-refractivity contribution in [2.75, 3.05) is 5.32 Å². The van der Waals surface area contributed by atoms with Crippen LogP contribution in [0.3, 0.4) is 0 Å². The van der Waals surface area contributed by atoms with Crippen LogP contribution in [0.1, 0.15) is 35.7 Å². The van der Waals surface area contributed by atoms with Crippen LogP contribution >= 0.6 is 0 Å². The largest absolute Gasteiger partial charge is 0.326 e. The summed E-state index contributed by atoms with van der Waals surface area (Å²) in [5.41, 5.74) is 1.05. The van der Waals surface area contributed by atoms with Crippen molar-refractivity contribution in [1.29, 1.82) is 0 Å². The van der Waals surface area contributed by atoms with Crippen LogP contribution in [0.5, 0.6) is 0 Å². The lowest BCUT2D eigenvalue weighted by molar-refractivity contribution is -0.385. The van der Waals surface area contributed by atoms with Gasteiger partial charge < -0.3 is 5.32 Å². The van der Waals surface area contributed by atoms with Gasteiger partial charge in [0.05, 0.1) is 16.2 Å². The van der Waals surface area contributed by atoms with Gasteiger partial charge in [-0.2, -0.15) is 0 Å². The molecule has 0 radical (unpaired) electrons. The molecule has 1 aliphatic carbocycles. The normalized spacial score (nSPS) is 13.9. The molecule has 0 bridgehead atoms. The maximum Gasteiger partial charge on any atom is 0.273 e. The first-order valence-corrected chi connectivity index (χ1v) is 5.61. The van der Waals surface area contributed by atoms with Crippen molar-refractivity contribution in [3.05, 3.63) is 33.4 Å². The SMILES string of the molecule is CC(=O)Nc1ccc([N+](=O)[O-])c2c1C(=O)CCC2. The number of anilines is 1. The number of carbonyl (C=O) groups is 2. The van der Waals surface area contributed by atoms with Gasteiger partial charge in [0.2, 0.25) is 5.91 Å². The summed E-state index contributed by atoms with van der Waals surface area (Å²) < 4.78 is 0. The Balaban J connectivity index is 2.62. The number of nitro benzene ring substituents is 1. The van der Waals surface area contributed by atoms with Crippen LogP contribution in [0.4, 0.5) is 11.4 Å². The number of hydrogen-bond acceptors (Lipinski definition) is 4. The lowest BCUT2D eigenvalue weighted by Crippen LogP contribution is -2.17. The van der Waals surface area contributed by atoms with Crippen LogP contribution < -0.4 is 5.32 Å². The molecule has 0 fully saturated rings. The fourth-order valence-electron chi connectivity index (χ4n) is 2.22. The third kappa shape index (κ3) is 2.09. The Morgan fingerprint density at radius 1 is 1.39 bits per heavy atom. The molecule has 1 aliphatic rings. The Morgan fingerprint density at radius 3 is 2.72 bits per heavy atom. The van der Waals surface area contributed by atoms with Gasteiger partial charge in [0, 0.05) is 25.0 Å². The lowest BCUT2D eigenvalue weighted by Gasteiger charge is -2.18. The van der Waals surface area contributed by atoms with Gasteiger partial charge >= 0.3 is 0 Å². The number of ketones is 1. The predicted molar refractivity (Wildman–Crippen MR) is 64.7 cm³/mol. The van der Waals surface area contributed by atoms with E-state index < -0.39 is 4.92 Å². The molecule has 0 saturated heterocycles. The lowest BCUT2D eigenvalue weighted by atomic mass is 9.88. The van der Waals surface area contributed by atoms with Crippen molar-refractivity contribution >= 4 is 23.1 Å². The summed E-state index contributed by atoms with van der Waals surface area (Å²) in [4.78, 5) is 33.4. The number of benzene rings is 1. The first-order chi connectivity index (χ1) is 8.50. The van der Waals surface area contributed by atoms with Gasteiger partial charge in [-0.15, -0.1) is 0 Å². The number of carbonyl (C=O) groups excluding carboxylic acids is 2. The van der Waals surface area contributed by atoms with E-state index in [1.807, 2.05) is 0 Å². The average Bonchev–Trinajstić information content (AvgIpc) is 2.28. The molecule has 94 valence electrons. The van der Waals surface area contributed by atoms with Crippen molar-refractivity contribution in [3.63, 3.8) is 0 Å². The Kier molecular flexibility index (Phi) is 3.10. The van der Waals surface area contributed by atoms with Gasteiger partial charge in [-0.1, -0.05) is 0 Å². The number of amides is 1. The van der Waals surface area contributed by atoms with Gasteiger partial charge in [0.15, 0.2) is 5.78 Å². The standard InChI is InChI=1S/C12H12N2O4/c1-7(15)13-9-5-6-10(14(17)18)8-3-2-4-11(16)12(8)9/h5-6H,2-4H2,1H3,(H,13,15). The Bertz CT molecular complexity index is 551. The molecular formula is C12H12N2O4. The smallest absolute Gasteiger partial charge is 0.273 e. The molecule has 0 unspecified atom stereocenters. The molecule has 0 heterocycles. The summed E-state index contributed by atoms with van der Waals surface area (Å²) in [7, 11) is 0. The fraction of sp³-hybridized carbons (Fsp3) is 0.333. The van der Waals surface area contributed by atoms with Gasteiger partial charge in [0.1, 0.15) is 0 Å². The van der Waals surface area contributed by atoms with Crippen LogP contribution in [-0.4, -0.2) is 16.6 Å². The molecular weight excluding hydrogens is 236 g/mol. The zero-order valence-electron chi connectivity index (χ0n) is 9.86. The van der Waals surface area contributed by atoms with E-state index in [0.717, 1.165) is 0 Å². The van der Waals surface area contributed by atoms with E-state index in [0.29, 0.717) is 36.1 Å². The number of Topliss-reactive ketones (excluding diaryl/α,β-unsaturated/α-hetero) is 1. The molecule has 6 heteroatoms. The molecule has 0 saturated carbocycles. The monoisotopic (exact) mass is 248 g/mol. The molecule has 0 spiro atoms. The minimum atomic E-state index is -0.491. The number of fused-ring (bicyclic) bond motifs is 1. The van der Waals surface area contributed by atoms with E-state index in [4.69, 9.17) is 0 Å². The fourth-order valence-corrected chi connectivity index (χ4v) is 2.22. The van der Waals surface area contributed by atoms with Crippen molar-refractivity contribution in [3.8, 4) is 0 Å². The second-order valence-electron chi connectivity index (χ2n) is 4.20. The Morgan fingerprint density at radius 2 is 2.11 bits per heavy atom. The first-order valence-electron chi connectivity index (χ1n) is 5.61. The molecule has 0 aliphatic heterocycles. The molecule has 0 atom stereocenters. The van der Waals surface area contributed by atoms with E-state index in [1.54, 1.807) is 0 Å². The summed E-state index contributed by atoms with van der Waals surface area (Å²) in [5.74, 6) is -0.451. The number of nitrogens with zero attached hydrogens (tertiary/aromatic N) is 1. The molecule has 1 aromatic carbocycles. The van der Waals surface area contributed by atoms with E-state index in [9.17, 15) is 19.7 Å². The molecule has 1 amide bonds. The second kappa shape index (κ2) is 4.56. The van der Waals surface area contributed by atoms with Crippen LogP contribution in [0, 0.1) is 10.1 Å². The minimum Gasteiger partial charge on any atom is -0.326 e. The number of rotatable bonds is 2. The average molecular weight is 248 g/mol. The zero-order chi connectivity index (χ0) is 13.3. The maximum absolute atomic E-state index is 11.9. The molecule has 6 nitrogen and oxygen atoms in total. The highest BCUT2D eigenvalue weighted by molar-refractivity contribution is 6.07. The number of nitro groups is 1. The summed E-state index contributed by atoms with van der Waals surface area (Å²) in [6.45, 7) is 1.33. The minimum absolute atomic E-state index is 0.0489. The highest BCUT2D eigenvalue weighted by Gasteiger charge is 2.28. The van der Waals surface area contributed by atoms with Crippen molar-refractivity contribution < 1.29 is 14.5 Å². The highest BCUT2D eigenvalue weighted by Crippen LogP contribution is 2.34. The van der Waals surface area contributed by atoms with E-state index in [1.165, 1.54) is 19.1 Å². The topological polar surface area (TPSA) is 89.3 Å². The van der Waals surface area contributed by atoms with E-state index >= 15 is 0 Å². The number of hydrogen-bond donors (Lipinski definition) is 1. The summed E-state index contributed by atoms with van der Waals surface area (Å²) >= 11 is 0. The van der Waals surface area contributed by atoms with Crippen LogP contribution in [0.15, 0.2) is 12.1 Å². The second-order valence-corrected chi connectivity index (χ2v) is 4.20. The third-order valence-corrected chi connectivity index (χ3v) is 2.91. The molecule has 1 N–H and O–H groups in total. The van der Waals surface area contributed by atoms with Crippen molar-refractivity contribution in [2.45, 2.75) is 26.2 Å². The predicted octanol–water partition coefficient (Wildman–Crippen LogP) is 2.07. The number of nitrogens with one attached hydrogen (secondary N) is 1. The van der Waals surface area contributed by atoms with Gasteiger partial charge in [-0.05, 0) is 18.9 Å². The quantitative estimate of drug-likeness (QED) is 0.640. The zero-order valence-corrected chi connectivity index (χ0v) is 9.86. The molecule has 18 heavy (non-hydrogen) atoms. The molecule has 1 aromatic rings. The summed E-state index contributed by atoms with van der Waals surface area (Å²) in [6.07, 6.45) is 1.46. The van der Waals surface area contributed by atoms with Gasteiger partial charge in [-0.25, -0.2) is 0 Å². The van der Waals surface area contributed by atoms with Crippen molar-refractivity contribution in [2.24, 2.45) is 0 Å². The molecule has 0 aromatic heterocycles. The van der Waals surface area contributed by atoms with E-state index in [2.05, 4.69) is 5.32 Å². The van der Waals surface area contributed by atoms with E-state index in [-0.39, 0.29) is 17.4 Å². The van der Waals surface area contributed by atoms with Crippen LogP contribution in [-0.2, 0) is 11.2 Å². The molecule has 2 rings (SSSR count).